The number of aliphatic imine (C=N–C) groups is 1. The van der Waals surface area contributed by atoms with Crippen molar-refractivity contribution in [2.24, 2.45) is 16.8 Å². The highest BCUT2D eigenvalue weighted by Crippen LogP contribution is 2.46. The predicted octanol–water partition coefficient (Wildman–Crippen LogP) is 3.31. The molecule has 0 aromatic heterocycles. The number of nitrogens with zero attached hydrogens (tertiary/aromatic N) is 2. The molecule has 2 bridgehead atoms. The van der Waals surface area contributed by atoms with Crippen molar-refractivity contribution >= 4 is 22.8 Å². The van der Waals surface area contributed by atoms with Crippen molar-refractivity contribution in [3.63, 3.8) is 0 Å². The lowest BCUT2D eigenvalue weighted by Gasteiger charge is -2.21. The summed E-state index contributed by atoms with van der Waals surface area (Å²) in [7, 11) is 0. The fourth-order valence-corrected chi connectivity index (χ4v) is 4.87. The van der Waals surface area contributed by atoms with Crippen LogP contribution in [0.25, 0.3) is 0 Å². The maximum absolute atomic E-state index is 12.1. The molecule has 1 amide bonds. The van der Waals surface area contributed by atoms with E-state index in [4.69, 9.17) is 4.99 Å². The van der Waals surface area contributed by atoms with Gasteiger partial charge in [-0.2, -0.15) is 0 Å². The summed E-state index contributed by atoms with van der Waals surface area (Å²) in [5.41, 5.74) is 1.17. The molecular formula is C17H20N2OS. The lowest BCUT2D eigenvalue weighted by Crippen LogP contribution is -2.30. The molecule has 110 valence electrons. The van der Waals surface area contributed by atoms with E-state index >= 15 is 0 Å². The van der Waals surface area contributed by atoms with E-state index in [0.717, 1.165) is 17.0 Å². The van der Waals surface area contributed by atoms with E-state index in [1.54, 1.807) is 11.8 Å². The van der Waals surface area contributed by atoms with E-state index in [-0.39, 0.29) is 5.91 Å². The highest BCUT2D eigenvalue weighted by molar-refractivity contribution is 8.15. The molecule has 1 aromatic carbocycles. The van der Waals surface area contributed by atoms with Crippen LogP contribution in [-0.2, 0) is 11.3 Å². The van der Waals surface area contributed by atoms with Crippen LogP contribution >= 0.6 is 11.8 Å². The number of hydrogen-bond donors (Lipinski definition) is 0. The Morgan fingerprint density at radius 3 is 2.76 bits per heavy atom. The van der Waals surface area contributed by atoms with Crippen molar-refractivity contribution in [1.82, 2.24) is 4.90 Å². The van der Waals surface area contributed by atoms with Gasteiger partial charge >= 0.3 is 0 Å². The summed E-state index contributed by atoms with van der Waals surface area (Å²) in [6.07, 6.45) is 5.33. The second-order valence-electron chi connectivity index (χ2n) is 6.41. The van der Waals surface area contributed by atoms with Gasteiger partial charge < -0.3 is 0 Å². The maximum Gasteiger partial charge on any atom is 0.239 e. The quantitative estimate of drug-likeness (QED) is 0.858. The molecule has 2 aliphatic carbocycles. The molecule has 21 heavy (non-hydrogen) atoms. The van der Waals surface area contributed by atoms with Crippen molar-refractivity contribution in [1.29, 1.82) is 0 Å². The molecule has 3 nitrogen and oxygen atoms in total. The zero-order valence-electron chi connectivity index (χ0n) is 12.1. The van der Waals surface area contributed by atoms with Crippen LogP contribution in [0, 0.1) is 11.8 Å². The molecule has 3 aliphatic rings. The van der Waals surface area contributed by atoms with Gasteiger partial charge in [-0.15, -0.1) is 0 Å². The molecule has 4 heteroatoms. The molecule has 3 atom stereocenters. The first-order valence-electron chi connectivity index (χ1n) is 7.84. The SMILES string of the molecule is O=C1CSC(=NC2CC3CCC2C3)N1Cc1ccccc1. The molecule has 3 unspecified atom stereocenters. The Morgan fingerprint density at radius 2 is 2.05 bits per heavy atom. The van der Waals surface area contributed by atoms with Crippen molar-refractivity contribution in [2.45, 2.75) is 38.3 Å². The van der Waals surface area contributed by atoms with Crippen LogP contribution in [0.2, 0.25) is 0 Å². The highest BCUT2D eigenvalue weighted by atomic mass is 32.2. The fourth-order valence-electron chi connectivity index (χ4n) is 3.93. The van der Waals surface area contributed by atoms with E-state index in [2.05, 4.69) is 12.1 Å². The summed E-state index contributed by atoms with van der Waals surface area (Å²) >= 11 is 1.62. The summed E-state index contributed by atoms with van der Waals surface area (Å²) in [5.74, 6) is 2.42. The van der Waals surface area contributed by atoms with Crippen LogP contribution in [0.4, 0.5) is 0 Å². The van der Waals surface area contributed by atoms with Crippen molar-refractivity contribution in [3.05, 3.63) is 35.9 Å². The largest absolute Gasteiger partial charge is 0.286 e. The summed E-state index contributed by atoms with van der Waals surface area (Å²) in [4.78, 5) is 19.0. The molecule has 0 radical (unpaired) electrons. The van der Waals surface area contributed by atoms with E-state index in [9.17, 15) is 4.79 Å². The van der Waals surface area contributed by atoms with Crippen molar-refractivity contribution in [3.8, 4) is 0 Å². The first-order valence-corrected chi connectivity index (χ1v) is 8.83. The Labute approximate surface area is 129 Å². The van der Waals surface area contributed by atoms with Gasteiger partial charge in [-0.25, -0.2) is 0 Å². The normalized spacial score (nSPS) is 33.3. The van der Waals surface area contributed by atoms with E-state index < -0.39 is 0 Å². The molecule has 3 fully saturated rings. The van der Waals surface area contributed by atoms with Crippen molar-refractivity contribution in [2.75, 3.05) is 5.75 Å². The molecule has 1 heterocycles. The zero-order valence-corrected chi connectivity index (χ0v) is 12.9. The van der Waals surface area contributed by atoms with Gasteiger partial charge in [-0.05, 0) is 36.7 Å². The highest BCUT2D eigenvalue weighted by Gasteiger charge is 2.40. The third-order valence-electron chi connectivity index (χ3n) is 5.02. The first-order chi connectivity index (χ1) is 10.3. The molecule has 1 aromatic rings. The third-order valence-corrected chi connectivity index (χ3v) is 5.99. The average molecular weight is 300 g/mol. The van der Waals surface area contributed by atoms with E-state index in [0.29, 0.717) is 18.3 Å². The monoisotopic (exact) mass is 300 g/mol. The Kier molecular flexibility index (Phi) is 3.49. The number of amides is 1. The number of rotatable bonds is 3. The molecule has 0 spiro atoms. The molecule has 4 rings (SSSR count). The standard InChI is InChI=1S/C17H20N2OS/c20-16-11-21-17(18-15-9-13-6-7-14(15)8-13)19(16)10-12-4-2-1-3-5-12/h1-5,13-15H,6-11H2. The maximum atomic E-state index is 12.1. The summed E-state index contributed by atoms with van der Waals surface area (Å²) in [6, 6.07) is 10.7. The molecule has 2 saturated carbocycles. The van der Waals surface area contributed by atoms with Crippen LogP contribution < -0.4 is 0 Å². The van der Waals surface area contributed by atoms with E-state index in [1.807, 2.05) is 23.1 Å². The number of carbonyl (C=O) groups excluding carboxylic acids is 1. The van der Waals surface area contributed by atoms with Crippen LogP contribution in [0.5, 0.6) is 0 Å². The van der Waals surface area contributed by atoms with E-state index in [1.165, 1.54) is 31.2 Å². The summed E-state index contributed by atoms with van der Waals surface area (Å²) < 4.78 is 0. The minimum Gasteiger partial charge on any atom is -0.286 e. The van der Waals surface area contributed by atoms with Gasteiger partial charge in [0.05, 0.1) is 18.3 Å². The molecule has 0 N–H and O–H groups in total. The Morgan fingerprint density at radius 1 is 1.19 bits per heavy atom. The van der Waals surface area contributed by atoms with Crippen LogP contribution in [-0.4, -0.2) is 27.8 Å². The second-order valence-corrected chi connectivity index (χ2v) is 7.35. The lowest BCUT2D eigenvalue weighted by atomic mass is 9.96. The summed E-state index contributed by atoms with van der Waals surface area (Å²) in [5, 5.41) is 0.960. The molecular weight excluding hydrogens is 280 g/mol. The van der Waals surface area contributed by atoms with Gasteiger partial charge in [0.2, 0.25) is 5.91 Å². The number of thioether (sulfide) groups is 1. The topological polar surface area (TPSA) is 32.7 Å². The van der Waals surface area contributed by atoms with Crippen molar-refractivity contribution < 1.29 is 4.79 Å². The average Bonchev–Trinajstić information content (AvgIpc) is 3.20. The van der Waals surface area contributed by atoms with Crippen LogP contribution in [0.3, 0.4) is 0 Å². The Balaban J connectivity index is 1.52. The Bertz CT molecular complexity index is 571. The third kappa shape index (κ3) is 2.61. The lowest BCUT2D eigenvalue weighted by molar-refractivity contribution is -0.124. The number of hydrogen-bond acceptors (Lipinski definition) is 3. The summed E-state index contributed by atoms with van der Waals surface area (Å²) in [6.45, 7) is 0.659. The first kappa shape index (κ1) is 13.4. The predicted molar refractivity (Wildman–Crippen MR) is 86.1 cm³/mol. The van der Waals surface area contributed by atoms with Gasteiger partial charge in [-0.3, -0.25) is 14.7 Å². The molecule has 1 aliphatic heterocycles. The number of carbonyl (C=O) groups is 1. The fraction of sp³-hybridized carbons (Fsp3) is 0.529. The number of benzene rings is 1. The van der Waals surface area contributed by atoms with Gasteiger partial charge in [0, 0.05) is 0 Å². The van der Waals surface area contributed by atoms with Crippen LogP contribution in [0.15, 0.2) is 35.3 Å². The van der Waals surface area contributed by atoms with Gasteiger partial charge in [0.1, 0.15) is 0 Å². The second kappa shape index (κ2) is 5.48. The van der Waals surface area contributed by atoms with Crippen LogP contribution in [0.1, 0.15) is 31.2 Å². The van der Waals surface area contributed by atoms with Gasteiger partial charge in [-0.1, -0.05) is 48.5 Å². The van der Waals surface area contributed by atoms with Gasteiger partial charge in [0.25, 0.3) is 0 Å². The minimum atomic E-state index is 0.200. The zero-order chi connectivity index (χ0) is 14.2. The van der Waals surface area contributed by atoms with Gasteiger partial charge in [0.15, 0.2) is 5.17 Å². The number of fused-ring (bicyclic) bond motifs is 2. The Hall–Kier alpha value is -1.29. The molecule has 1 saturated heterocycles. The minimum absolute atomic E-state index is 0.200. The number of amidine groups is 1. The smallest absolute Gasteiger partial charge is 0.239 e.